The maximum atomic E-state index is 3.51. The van der Waals surface area contributed by atoms with Gasteiger partial charge in [0.15, 0.2) is 0 Å². The summed E-state index contributed by atoms with van der Waals surface area (Å²) in [6.45, 7) is 0. The van der Waals surface area contributed by atoms with Gasteiger partial charge in [0.25, 0.3) is 0 Å². The van der Waals surface area contributed by atoms with Crippen molar-refractivity contribution in [1.82, 2.24) is 0 Å². The van der Waals surface area contributed by atoms with Crippen molar-refractivity contribution in [1.29, 1.82) is 0 Å². The highest BCUT2D eigenvalue weighted by molar-refractivity contribution is 9.30. The van der Waals surface area contributed by atoms with Crippen molar-refractivity contribution in [2.45, 2.75) is 19.3 Å². The molecule has 0 aliphatic heterocycles. The molecule has 0 amide bonds. The van der Waals surface area contributed by atoms with E-state index in [1.54, 1.807) is 0 Å². The van der Waals surface area contributed by atoms with Gasteiger partial charge >= 0.3 is 0 Å². The fraction of sp³-hybridized carbons (Fsp3) is 1.00. The smallest absolute Gasteiger partial charge is 0.0702 e. The Kier molecular flexibility index (Phi) is 2.21. The molecule has 0 spiro atoms. The first-order chi connectivity index (χ1) is 3.46. The van der Waals surface area contributed by atoms with Crippen molar-refractivity contribution in [3.63, 3.8) is 0 Å². The molecular formula is C4H4Br4. The van der Waals surface area contributed by atoms with E-state index in [1.165, 1.54) is 0 Å². The summed E-state index contributed by atoms with van der Waals surface area (Å²) < 4.78 is 0.153. The molecule has 8 heavy (non-hydrogen) atoms. The van der Waals surface area contributed by atoms with E-state index in [4.69, 9.17) is 0 Å². The first kappa shape index (κ1) is 8.02. The van der Waals surface area contributed by atoms with Crippen LogP contribution in [0.3, 0.4) is 0 Å². The highest BCUT2D eigenvalue weighted by atomic mass is 79.9. The summed E-state index contributed by atoms with van der Waals surface area (Å²) in [5.74, 6) is 0. The predicted molar refractivity (Wildman–Crippen MR) is 50.4 cm³/mol. The number of halogens is 4. The Morgan fingerprint density at radius 2 is 1.00 bits per heavy atom. The van der Waals surface area contributed by atoms with Crippen LogP contribution in [-0.4, -0.2) is 6.47 Å². The first-order valence-corrected chi connectivity index (χ1v) is 5.39. The molecule has 0 aromatic carbocycles. The summed E-state index contributed by atoms with van der Waals surface area (Å²) in [6.07, 6.45) is 2.31. The van der Waals surface area contributed by atoms with Crippen LogP contribution in [0.1, 0.15) is 12.8 Å². The second-order valence-electron chi connectivity index (χ2n) is 1.91. The summed E-state index contributed by atoms with van der Waals surface area (Å²) in [7, 11) is 0. The Hall–Kier alpha value is 1.92. The summed E-state index contributed by atoms with van der Waals surface area (Å²) in [5.41, 5.74) is 0. The maximum absolute atomic E-state index is 3.51. The van der Waals surface area contributed by atoms with Gasteiger partial charge in [0.1, 0.15) is 6.47 Å². The average molecular weight is 372 g/mol. The van der Waals surface area contributed by atoms with Crippen molar-refractivity contribution in [3.8, 4) is 0 Å². The number of alkyl halides is 4. The van der Waals surface area contributed by atoms with Crippen LogP contribution in [0, 0.1) is 0 Å². The Bertz CT molecular complexity index is 92.6. The quantitative estimate of drug-likeness (QED) is 0.569. The molecule has 0 heterocycles. The third-order valence-corrected chi connectivity index (χ3v) is 7.71. The Labute approximate surface area is 82.3 Å². The topological polar surface area (TPSA) is 0 Å². The van der Waals surface area contributed by atoms with E-state index in [-0.39, 0.29) is 6.47 Å². The van der Waals surface area contributed by atoms with Crippen LogP contribution in [0.2, 0.25) is 0 Å². The fourth-order valence-electron chi connectivity index (χ4n) is 0.503. The second-order valence-corrected chi connectivity index (χ2v) is 9.45. The first-order valence-electron chi connectivity index (χ1n) is 2.21. The van der Waals surface area contributed by atoms with Gasteiger partial charge in [-0.25, -0.2) is 0 Å². The Balaban J connectivity index is 2.63. The van der Waals surface area contributed by atoms with Gasteiger partial charge in [-0.2, -0.15) is 0 Å². The van der Waals surface area contributed by atoms with Gasteiger partial charge < -0.3 is 0 Å². The van der Waals surface area contributed by atoms with Crippen LogP contribution in [0.25, 0.3) is 0 Å². The second kappa shape index (κ2) is 2.21. The van der Waals surface area contributed by atoms with E-state index in [0.717, 1.165) is 12.8 Å². The lowest BCUT2D eigenvalue weighted by Gasteiger charge is -2.44. The third kappa shape index (κ3) is 1.18. The molecule has 0 bridgehead atoms. The van der Waals surface area contributed by atoms with Crippen molar-refractivity contribution < 1.29 is 0 Å². The minimum absolute atomic E-state index is 0.0764. The molecule has 0 radical (unpaired) electrons. The van der Waals surface area contributed by atoms with Gasteiger partial charge in [0.2, 0.25) is 0 Å². The van der Waals surface area contributed by atoms with Crippen molar-refractivity contribution in [2.24, 2.45) is 0 Å². The van der Waals surface area contributed by atoms with E-state index in [2.05, 4.69) is 63.7 Å². The molecule has 0 aromatic heterocycles. The van der Waals surface area contributed by atoms with E-state index in [0.29, 0.717) is 0 Å². The minimum atomic E-state index is 0.0764. The monoisotopic (exact) mass is 368 g/mol. The molecule has 1 aliphatic rings. The number of hydrogen-bond donors (Lipinski definition) is 0. The molecule has 0 aromatic rings. The van der Waals surface area contributed by atoms with Crippen LogP contribution in [-0.2, 0) is 0 Å². The summed E-state index contributed by atoms with van der Waals surface area (Å²) in [5, 5.41) is 0. The summed E-state index contributed by atoms with van der Waals surface area (Å²) in [4.78, 5) is 0. The zero-order valence-corrected chi connectivity index (χ0v) is 10.3. The molecular weight excluding hydrogens is 368 g/mol. The molecule has 1 saturated carbocycles. The molecule has 0 saturated heterocycles. The van der Waals surface area contributed by atoms with Crippen molar-refractivity contribution in [3.05, 3.63) is 0 Å². The average Bonchev–Trinajstić information content (AvgIpc) is 1.64. The third-order valence-electron chi connectivity index (χ3n) is 1.29. The molecule has 48 valence electrons. The predicted octanol–water partition coefficient (Wildman–Crippen LogP) is 3.75. The lowest BCUT2D eigenvalue weighted by Crippen LogP contribution is -2.44. The van der Waals surface area contributed by atoms with E-state index in [1.807, 2.05) is 0 Å². The van der Waals surface area contributed by atoms with Crippen molar-refractivity contribution >= 4 is 63.7 Å². The number of rotatable bonds is 0. The highest BCUT2D eigenvalue weighted by Gasteiger charge is 2.53. The minimum Gasteiger partial charge on any atom is -0.0702 e. The van der Waals surface area contributed by atoms with Crippen LogP contribution in [0.5, 0.6) is 0 Å². The summed E-state index contributed by atoms with van der Waals surface area (Å²) >= 11 is 14.0. The number of hydrogen-bond acceptors (Lipinski definition) is 0. The normalized spacial score (nSPS) is 31.5. The van der Waals surface area contributed by atoms with Crippen LogP contribution < -0.4 is 0 Å². The molecule has 4 heteroatoms. The van der Waals surface area contributed by atoms with Crippen LogP contribution in [0.4, 0.5) is 0 Å². The molecule has 0 unspecified atom stereocenters. The summed E-state index contributed by atoms with van der Waals surface area (Å²) in [6, 6.07) is 0. The SMILES string of the molecule is BrC1(Br)CCC1(Br)Br. The lowest BCUT2D eigenvalue weighted by molar-refractivity contribution is 0.500. The maximum Gasteiger partial charge on any atom is 0.106 e. The van der Waals surface area contributed by atoms with E-state index in [9.17, 15) is 0 Å². The molecule has 1 fully saturated rings. The van der Waals surface area contributed by atoms with E-state index < -0.39 is 0 Å². The Morgan fingerprint density at radius 1 is 0.750 bits per heavy atom. The van der Waals surface area contributed by atoms with Gasteiger partial charge in [-0.3, -0.25) is 0 Å². The lowest BCUT2D eigenvalue weighted by atomic mass is 10.00. The van der Waals surface area contributed by atoms with Gasteiger partial charge in [-0.1, -0.05) is 63.7 Å². The van der Waals surface area contributed by atoms with E-state index >= 15 is 0 Å². The molecule has 0 atom stereocenters. The largest absolute Gasteiger partial charge is 0.106 e. The van der Waals surface area contributed by atoms with Crippen molar-refractivity contribution in [2.75, 3.05) is 0 Å². The van der Waals surface area contributed by atoms with Crippen LogP contribution >= 0.6 is 63.7 Å². The Morgan fingerprint density at radius 3 is 1.00 bits per heavy atom. The molecule has 0 N–H and O–H groups in total. The molecule has 0 nitrogen and oxygen atoms in total. The zero-order valence-electron chi connectivity index (χ0n) is 3.93. The van der Waals surface area contributed by atoms with Crippen LogP contribution in [0.15, 0.2) is 0 Å². The van der Waals surface area contributed by atoms with Gasteiger partial charge in [-0.05, 0) is 12.8 Å². The fourth-order valence-corrected chi connectivity index (χ4v) is 2.09. The van der Waals surface area contributed by atoms with Gasteiger partial charge in [-0.15, -0.1) is 0 Å². The standard InChI is InChI=1S/C4H4Br4/c5-3(6)1-2-4(3,7)8/h1-2H2. The highest BCUT2D eigenvalue weighted by Crippen LogP contribution is 2.61. The molecule has 1 aliphatic carbocycles. The van der Waals surface area contributed by atoms with Gasteiger partial charge in [0.05, 0.1) is 0 Å². The molecule has 1 rings (SSSR count). The zero-order chi connectivity index (χ0) is 6.41. The van der Waals surface area contributed by atoms with Gasteiger partial charge in [0, 0.05) is 0 Å².